The molecule has 5 heteroatoms. The second-order valence-electron chi connectivity index (χ2n) is 5.90. The van der Waals surface area contributed by atoms with Crippen molar-refractivity contribution in [2.45, 2.75) is 65.6 Å². The number of rotatable bonds is 6. The van der Waals surface area contributed by atoms with Gasteiger partial charge in [0.1, 0.15) is 0 Å². The minimum absolute atomic E-state index is 0.124. The van der Waals surface area contributed by atoms with Crippen LogP contribution in [0.4, 0.5) is 0 Å². The first-order chi connectivity index (χ1) is 10.1. The van der Waals surface area contributed by atoms with Crippen molar-refractivity contribution in [3.8, 4) is 0 Å². The van der Waals surface area contributed by atoms with Gasteiger partial charge in [0.25, 0.3) is 0 Å². The van der Waals surface area contributed by atoms with Crippen LogP contribution in [-0.4, -0.2) is 39.7 Å². The van der Waals surface area contributed by atoms with E-state index in [-0.39, 0.29) is 5.91 Å². The second kappa shape index (κ2) is 7.59. The van der Waals surface area contributed by atoms with Gasteiger partial charge in [-0.3, -0.25) is 14.4 Å². The van der Waals surface area contributed by atoms with Crippen LogP contribution < -0.4 is 5.32 Å². The average Bonchev–Trinajstić information content (AvgIpc) is 2.86. The highest BCUT2D eigenvalue weighted by Crippen LogP contribution is 2.18. The van der Waals surface area contributed by atoms with Crippen molar-refractivity contribution < 1.29 is 4.79 Å². The first-order valence-corrected chi connectivity index (χ1v) is 8.17. The van der Waals surface area contributed by atoms with Crippen molar-refractivity contribution in [1.29, 1.82) is 0 Å². The summed E-state index contributed by atoms with van der Waals surface area (Å²) in [5.74, 6) is 0.124. The topological polar surface area (TPSA) is 50.2 Å². The van der Waals surface area contributed by atoms with Gasteiger partial charge in [-0.1, -0.05) is 13.3 Å². The maximum absolute atomic E-state index is 12.2. The molecule has 0 aliphatic carbocycles. The first kappa shape index (κ1) is 16.0. The Kier molecular flexibility index (Phi) is 5.79. The predicted octanol–water partition coefficient (Wildman–Crippen LogP) is 2.09. The molecule has 1 aliphatic rings. The van der Waals surface area contributed by atoms with Crippen LogP contribution in [0.15, 0.2) is 6.20 Å². The fraction of sp³-hybridized carbons (Fsp3) is 0.750. The molecule has 0 spiro atoms. The lowest BCUT2D eigenvalue weighted by molar-refractivity contribution is -0.123. The molecule has 118 valence electrons. The Morgan fingerprint density at radius 2 is 2.24 bits per heavy atom. The first-order valence-electron chi connectivity index (χ1n) is 8.17. The molecule has 2 rings (SSSR count). The minimum Gasteiger partial charge on any atom is -0.351 e. The fourth-order valence-electron chi connectivity index (χ4n) is 3.06. The van der Waals surface area contributed by atoms with Crippen LogP contribution in [0.25, 0.3) is 0 Å². The molecule has 0 unspecified atom stereocenters. The Morgan fingerprint density at radius 3 is 2.90 bits per heavy atom. The lowest BCUT2D eigenvalue weighted by Gasteiger charge is -2.34. The SMILES string of the molecule is CC[C@H]1CCCCN1CC(=O)NCc1cn(CC)nc1C. The van der Waals surface area contributed by atoms with Gasteiger partial charge >= 0.3 is 0 Å². The maximum Gasteiger partial charge on any atom is 0.234 e. The number of likely N-dealkylation sites (tertiary alicyclic amines) is 1. The molecule has 0 saturated carbocycles. The lowest BCUT2D eigenvalue weighted by Crippen LogP contribution is -2.45. The summed E-state index contributed by atoms with van der Waals surface area (Å²) in [4.78, 5) is 14.5. The zero-order chi connectivity index (χ0) is 15.2. The highest BCUT2D eigenvalue weighted by Gasteiger charge is 2.22. The Balaban J connectivity index is 1.82. The molecular weight excluding hydrogens is 264 g/mol. The van der Waals surface area contributed by atoms with Crippen LogP contribution in [0, 0.1) is 6.92 Å². The van der Waals surface area contributed by atoms with Gasteiger partial charge in [-0.2, -0.15) is 5.10 Å². The number of hydrogen-bond donors (Lipinski definition) is 1. The predicted molar refractivity (Wildman–Crippen MR) is 84.0 cm³/mol. The van der Waals surface area contributed by atoms with E-state index >= 15 is 0 Å². The summed E-state index contributed by atoms with van der Waals surface area (Å²) < 4.78 is 1.91. The molecule has 1 atom stereocenters. The zero-order valence-electron chi connectivity index (χ0n) is 13.6. The average molecular weight is 292 g/mol. The number of carbonyl (C=O) groups is 1. The summed E-state index contributed by atoms with van der Waals surface area (Å²) in [5, 5.41) is 7.44. The molecule has 21 heavy (non-hydrogen) atoms. The standard InChI is InChI=1S/C16H28N4O/c1-4-15-8-6-7-9-19(15)12-16(21)17-10-14-11-20(5-2)18-13(14)3/h11,15H,4-10,12H2,1-3H3,(H,17,21)/t15-/m0/s1. The van der Waals surface area contributed by atoms with Crippen LogP contribution in [0.5, 0.6) is 0 Å². The molecule has 0 bridgehead atoms. The summed E-state index contributed by atoms with van der Waals surface area (Å²) in [7, 11) is 0. The third-order valence-electron chi connectivity index (χ3n) is 4.42. The summed E-state index contributed by atoms with van der Waals surface area (Å²) >= 11 is 0. The molecule has 0 aromatic carbocycles. The Morgan fingerprint density at radius 1 is 1.43 bits per heavy atom. The molecule has 1 N–H and O–H groups in total. The monoisotopic (exact) mass is 292 g/mol. The second-order valence-corrected chi connectivity index (χ2v) is 5.90. The van der Waals surface area contributed by atoms with E-state index < -0.39 is 0 Å². The normalized spacial score (nSPS) is 19.7. The van der Waals surface area contributed by atoms with Gasteiger partial charge in [0.2, 0.25) is 5.91 Å². The van der Waals surface area contributed by atoms with Gasteiger partial charge in [0, 0.05) is 30.9 Å². The van der Waals surface area contributed by atoms with Gasteiger partial charge in [-0.15, -0.1) is 0 Å². The third-order valence-corrected chi connectivity index (χ3v) is 4.42. The Bertz CT molecular complexity index is 469. The van der Waals surface area contributed by atoms with E-state index in [1.54, 1.807) is 0 Å². The third kappa shape index (κ3) is 4.30. The molecule has 1 fully saturated rings. The Hall–Kier alpha value is -1.36. The molecule has 1 aliphatic heterocycles. The van der Waals surface area contributed by atoms with Gasteiger partial charge in [-0.05, 0) is 39.7 Å². The molecular formula is C16H28N4O. The van der Waals surface area contributed by atoms with E-state index in [1.165, 1.54) is 19.3 Å². The number of piperidine rings is 1. The molecule has 1 amide bonds. The van der Waals surface area contributed by atoms with Crippen LogP contribution >= 0.6 is 0 Å². The number of aromatic nitrogens is 2. The van der Waals surface area contributed by atoms with E-state index in [4.69, 9.17) is 0 Å². The van der Waals surface area contributed by atoms with Crippen molar-refractivity contribution in [2.24, 2.45) is 0 Å². The summed E-state index contributed by atoms with van der Waals surface area (Å²) in [6.07, 6.45) is 6.89. The summed E-state index contributed by atoms with van der Waals surface area (Å²) in [6.45, 7) is 9.29. The van der Waals surface area contributed by atoms with Crippen molar-refractivity contribution in [2.75, 3.05) is 13.1 Å². The largest absolute Gasteiger partial charge is 0.351 e. The molecule has 1 aromatic heterocycles. The number of carbonyl (C=O) groups excluding carboxylic acids is 1. The molecule has 0 radical (unpaired) electrons. The van der Waals surface area contributed by atoms with Gasteiger partial charge < -0.3 is 5.32 Å². The van der Waals surface area contributed by atoms with E-state index in [9.17, 15) is 4.79 Å². The summed E-state index contributed by atoms with van der Waals surface area (Å²) in [5.41, 5.74) is 2.11. The van der Waals surface area contributed by atoms with Crippen molar-refractivity contribution in [1.82, 2.24) is 20.0 Å². The fourth-order valence-corrected chi connectivity index (χ4v) is 3.06. The van der Waals surface area contributed by atoms with E-state index in [0.717, 1.165) is 30.8 Å². The zero-order valence-corrected chi connectivity index (χ0v) is 13.6. The molecule has 1 aromatic rings. The van der Waals surface area contributed by atoms with Gasteiger partial charge in [0.05, 0.1) is 12.2 Å². The highest BCUT2D eigenvalue weighted by molar-refractivity contribution is 5.78. The number of hydrogen-bond acceptors (Lipinski definition) is 3. The highest BCUT2D eigenvalue weighted by atomic mass is 16.2. The molecule has 1 saturated heterocycles. The lowest BCUT2D eigenvalue weighted by atomic mass is 10.0. The van der Waals surface area contributed by atoms with Gasteiger partial charge in [-0.25, -0.2) is 0 Å². The van der Waals surface area contributed by atoms with E-state index in [2.05, 4.69) is 29.2 Å². The van der Waals surface area contributed by atoms with Crippen LogP contribution in [0.1, 0.15) is 50.8 Å². The quantitative estimate of drug-likeness (QED) is 0.873. The minimum atomic E-state index is 0.124. The van der Waals surface area contributed by atoms with E-state index in [0.29, 0.717) is 19.1 Å². The number of nitrogens with zero attached hydrogens (tertiary/aromatic N) is 3. The number of nitrogens with one attached hydrogen (secondary N) is 1. The van der Waals surface area contributed by atoms with Crippen LogP contribution in [0.2, 0.25) is 0 Å². The molecule has 2 heterocycles. The van der Waals surface area contributed by atoms with Crippen LogP contribution in [0.3, 0.4) is 0 Å². The van der Waals surface area contributed by atoms with Crippen LogP contribution in [-0.2, 0) is 17.9 Å². The summed E-state index contributed by atoms with van der Waals surface area (Å²) in [6, 6.07) is 0.578. The smallest absolute Gasteiger partial charge is 0.234 e. The van der Waals surface area contributed by atoms with E-state index in [1.807, 2.05) is 17.8 Å². The molecule has 5 nitrogen and oxygen atoms in total. The maximum atomic E-state index is 12.2. The number of aryl methyl sites for hydroxylation is 2. The number of amides is 1. The Labute approximate surface area is 127 Å². The van der Waals surface area contributed by atoms with Gasteiger partial charge in [0.15, 0.2) is 0 Å². The van der Waals surface area contributed by atoms with Crippen molar-refractivity contribution in [3.05, 3.63) is 17.5 Å². The van der Waals surface area contributed by atoms with Crippen molar-refractivity contribution in [3.63, 3.8) is 0 Å². The van der Waals surface area contributed by atoms with Crippen molar-refractivity contribution >= 4 is 5.91 Å².